The SMILES string of the molecule is CC1CCN(Cc2cccc(CN=C(N)NC3CC3)c2)CC1. The van der Waals surface area contributed by atoms with Crippen molar-refractivity contribution in [3.05, 3.63) is 35.4 Å². The van der Waals surface area contributed by atoms with Gasteiger partial charge in [-0.05, 0) is 55.8 Å². The minimum absolute atomic E-state index is 0.566. The van der Waals surface area contributed by atoms with Crippen molar-refractivity contribution in [1.82, 2.24) is 10.2 Å². The summed E-state index contributed by atoms with van der Waals surface area (Å²) in [5.41, 5.74) is 8.52. The minimum atomic E-state index is 0.566. The molecule has 120 valence electrons. The lowest BCUT2D eigenvalue weighted by atomic mass is 9.98. The van der Waals surface area contributed by atoms with Gasteiger partial charge in [0.15, 0.2) is 5.96 Å². The Balaban J connectivity index is 1.52. The Hall–Kier alpha value is -1.55. The van der Waals surface area contributed by atoms with Gasteiger partial charge in [-0.15, -0.1) is 0 Å². The molecule has 1 saturated heterocycles. The second kappa shape index (κ2) is 7.14. The maximum Gasteiger partial charge on any atom is 0.189 e. The van der Waals surface area contributed by atoms with E-state index < -0.39 is 0 Å². The molecule has 3 rings (SSSR count). The largest absolute Gasteiger partial charge is 0.370 e. The highest BCUT2D eigenvalue weighted by Crippen LogP contribution is 2.19. The van der Waals surface area contributed by atoms with E-state index >= 15 is 0 Å². The molecule has 3 N–H and O–H groups in total. The number of nitrogens with zero attached hydrogens (tertiary/aromatic N) is 2. The number of benzene rings is 1. The van der Waals surface area contributed by atoms with Crippen LogP contribution >= 0.6 is 0 Å². The van der Waals surface area contributed by atoms with Gasteiger partial charge in [-0.3, -0.25) is 4.90 Å². The maximum absolute atomic E-state index is 5.89. The first-order valence-electron chi connectivity index (χ1n) is 8.55. The van der Waals surface area contributed by atoms with Crippen molar-refractivity contribution >= 4 is 5.96 Å². The molecule has 0 spiro atoms. The summed E-state index contributed by atoms with van der Waals surface area (Å²) in [5, 5.41) is 3.23. The average molecular weight is 300 g/mol. The quantitative estimate of drug-likeness (QED) is 0.649. The molecular weight excluding hydrogens is 272 g/mol. The van der Waals surface area contributed by atoms with Crippen molar-refractivity contribution in [3.63, 3.8) is 0 Å². The van der Waals surface area contributed by atoms with Gasteiger partial charge in [0, 0.05) is 12.6 Å². The number of hydrogen-bond acceptors (Lipinski definition) is 2. The van der Waals surface area contributed by atoms with Crippen molar-refractivity contribution < 1.29 is 0 Å². The van der Waals surface area contributed by atoms with Gasteiger partial charge in [-0.2, -0.15) is 0 Å². The summed E-state index contributed by atoms with van der Waals surface area (Å²) in [4.78, 5) is 7.00. The van der Waals surface area contributed by atoms with E-state index in [0.29, 0.717) is 18.5 Å². The van der Waals surface area contributed by atoms with E-state index in [4.69, 9.17) is 5.73 Å². The summed E-state index contributed by atoms with van der Waals surface area (Å²) < 4.78 is 0. The average Bonchev–Trinajstić information content (AvgIpc) is 3.32. The lowest BCUT2D eigenvalue weighted by molar-refractivity contribution is 0.185. The van der Waals surface area contributed by atoms with Gasteiger partial charge in [0.25, 0.3) is 0 Å². The van der Waals surface area contributed by atoms with E-state index in [2.05, 4.69) is 46.4 Å². The molecule has 0 atom stereocenters. The third kappa shape index (κ3) is 4.73. The zero-order valence-corrected chi connectivity index (χ0v) is 13.6. The molecule has 1 heterocycles. The molecule has 0 unspecified atom stereocenters. The summed E-state index contributed by atoms with van der Waals surface area (Å²) in [6.45, 7) is 6.52. The third-order valence-corrected chi connectivity index (χ3v) is 4.64. The lowest BCUT2D eigenvalue weighted by Gasteiger charge is -2.30. The maximum atomic E-state index is 5.89. The Bertz CT molecular complexity index is 514. The van der Waals surface area contributed by atoms with E-state index in [0.717, 1.165) is 12.5 Å². The summed E-state index contributed by atoms with van der Waals surface area (Å²) >= 11 is 0. The van der Waals surface area contributed by atoms with E-state index in [1.54, 1.807) is 0 Å². The van der Waals surface area contributed by atoms with Gasteiger partial charge in [-0.25, -0.2) is 4.99 Å². The van der Waals surface area contributed by atoms with E-state index in [1.165, 1.54) is 49.9 Å². The topological polar surface area (TPSA) is 53.6 Å². The second-order valence-electron chi connectivity index (χ2n) is 6.90. The van der Waals surface area contributed by atoms with Crippen molar-refractivity contribution in [3.8, 4) is 0 Å². The zero-order valence-electron chi connectivity index (χ0n) is 13.6. The number of hydrogen-bond donors (Lipinski definition) is 2. The van der Waals surface area contributed by atoms with E-state index in [-0.39, 0.29) is 0 Å². The monoisotopic (exact) mass is 300 g/mol. The van der Waals surface area contributed by atoms with Crippen LogP contribution in [-0.2, 0) is 13.1 Å². The molecule has 4 nitrogen and oxygen atoms in total. The van der Waals surface area contributed by atoms with E-state index in [1.807, 2.05) is 0 Å². The van der Waals surface area contributed by atoms with Crippen LogP contribution in [0.5, 0.6) is 0 Å². The molecule has 0 amide bonds. The number of rotatable bonds is 5. The highest BCUT2D eigenvalue weighted by Gasteiger charge is 2.21. The molecule has 2 aliphatic rings. The van der Waals surface area contributed by atoms with Gasteiger partial charge < -0.3 is 11.1 Å². The number of likely N-dealkylation sites (tertiary alicyclic amines) is 1. The summed E-state index contributed by atoms with van der Waals surface area (Å²) in [6, 6.07) is 9.33. The smallest absolute Gasteiger partial charge is 0.189 e. The Morgan fingerprint density at radius 1 is 1.23 bits per heavy atom. The van der Waals surface area contributed by atoms with Crippen LogP contribution in [-0.4, -0.2) is 30.0 Å². The van der Waals surface area contributed by atoms with Gasteiger partial charge in [-0.1, -0.05) is 31.2 Å². The normalized spacial score (nSPS) is 21.0. The lowest BCUT2D eigenvalue weighted by Crippen LogP contribution is -2.33. The molecule has 1 aromatic rings. The number of nitrogens with one attached hydrogen (secondary N) is 1. The Labute approximate surface area is 133 Å². The number of nitrogens with two attached hydrogens (primary N) is 1. The van der Waals surface area contributed by atoms with Crippen LogP contribution in [0.15, 0.2) is 29.3 Å². The molecule has 4 heteroatoms. The molecule has 0 bridgehead atoms. The van der Waals surface area contributed by atoms with Crippen LogP contribution in [0.2, 0.25) is 0 Å². The first-order chi connectivity index (χ1) is 10.7. The van der Waals surface area contributed by atoms with Crippen molar-refractivity contribution in [2.45, 2.75) is 51.7 Å². The first-order valence-corrected chi connectivity index (χ1v) is 8.55. The van der Waals surface area contributed by atoms with Crippen LogP contribution < -0.4 is 11.1 Å². The third-order valence-electron chi connectivity index (χ3n) is 4.64. The van der Waals surface area contributed by atoms with Crippen LogP contribution in [0.25, 0.3) is 0 Å². The molecule has 1 aliphatic carbocycles. The van der Waals surface area contributed by atoms with Gasteiger partial charge in [0.05, 0.1) is 6.54 Å². The van der Waals surface area contributed by atoms with Gasteiger partial charge in [0.2, 0.25) is 0 Å². The number of aliphatic imine (C=N–C) groups is 1. The van der Waals surface area contributed by atoms with Crippen molar-refractivity contribution in [2.24, 2.45) is 16.6 Å². The number of piperidine rings is 1. The fourth-order valence-electron chi connectivity index (χ4n) is 2.96. The van der Waals surface area contributed by atoms with E-state index in [9.17, 15) is 0 Å². The minimum Gasteiger partial charge on any atom is -0.370 e. The zero-order chi connectivity index (χ0) is 15.4. The fourth-order valence-corrected chi connectivity index (χ4v) is 2.96. The molecule has 1 aliphatic heterocycles. The van der Waals surface area contributed by atoms with Gasteiger partial charge >= 0.3 is 0 Å². The van der Waals surface area contributed by atoms with Gasteiger partial charge in [0.1, 0.15) is 0 Å². The second-order valence-corrected chi connectivity index (χ2v) is 6.90. The molecule has 1 saturated carbocycles. The fraction of sp³-hybridized carbons (Fsp3) is 0.611. The van der Waals surface area contributed by atoms with Crippen LogP contribution in [0.1, 0.15) is 43.7 Å². The Morgan fingerprint density at radius 2 is 1.95 bits per heavy atom. The highest BCUT2D eigenvalue weighted by molar-refractivity contribution is 5.78. The predicted octanol–water partition coefficient (Wildman–Crippen LogP) is 2.49. The molecule has 0 radical (unpaired) electrons. The van der Waals surface area contributed by atoms with Crippen molar-refractivity contribution in [1.29, 1.82) is 0 Å². The highest BCUT2D eigenvalue weighted by atomic mass is 15.1. The molecule has 2 fully saturated rings. The standard InChI is InChI=1S/C18H28N4/c1-14-7-9-22(10-8-14)13-16-4-2-3-15(11-16)12-20-18(19)21-17-5-6-17/h2-4,11,14,17H,5-10,12-13H2,1H3,(H3,19,20,21). The Kier molecular flexibility index (Phi) is 4.98. The van der Waals surface area contributed by atoms with Crippen molar-refractivity contribution in [2.75, 3.05) is 13.1 Å². The molecular formula is C18H28N4. The van der Waals surface area contributed by atoms with Crippen LogP contribution in [0.4, 0.5) is 0 Å². The first kappa shape index (κ1) is 15.3. The number of guanidine groups is 1. The summed E-state index contributed by atoms with van der Waals surface area (Å²) in [5.74, 6) is 1.47. The molecule has 0 aromatic heterocycles. The van der Waals surface area contributed by atoms with Crippen LogP contribution in [0.3, 0.4) is 0 Å². The molecule has 22 heavy (non-hydrogen) atoms. The molecule has 1 aromatic carbocycles. The van der Waals surface area contributed by atoms with Crippen LogP contribution in [0, 0.1) is 5.92 Å². The predicted molar refractivity (Wildman–Crippen MR) is 91.6 cm³/mol. The summed E-state index contributed by atoms with van der Waals surface area (Å²) in [7, 11) is 0. The Morgan fingerprint density at radius 3 is 2.68 bits per heavy atom. The summed E-state index contributed by atoms with van der Waals surface area (Å²) in [6.07, 6.45) is 5.10.